The van der Waals surface area contributed by atoms with Gasteiger partial charge in [0.05, 0.1) is 21.1 Å². The third-order valence-corrected chi connectivity index (χ3v) is 2.75. The van der Waals surface area contributed by atoms with Gasteiger partial charge >= 0.3 is 0 Å². The SMILES string of the molecule is Cc1ccc([N+](C)(C)C)c(C)c1C.[Cl-]. The summed E-state index contributed by atoms with van der Waals surface area (Å²) in [6.45, 7) is 6.58. The van der Waals surface area contributed by atoms with Crippen LogP contribution in [0, 0.1) is 20.8 Å². The summed E-state index contributed by atoms with van der Waals surface area (Å²) in [6, 6.07) is 4.44. The normalized spacial score (nSPS) is 11.0. The lowest BCUT2D eigenvalue weighted by atomic mass is 10.0. The van der Waals surface area contributed by atoms with Gasteiger partial charge < -0.3 is 12.4 Å². The van der Waals surface area contributed by atoms with Crippen LogP contribution in [0.15, 0.2) is 12.1 Å². The molecule has 0 saturated heterocycles. The lowest BCUT2D eigenvalue weighted by Crippen LogP contribution is -3.00. The number of hydrogen-bond donors (Lipinski definition) is 0. The van der Waals surface area contributed by atoms with Crippen LogP contribution in [-0.2, 0) is 0 Å². The second-order valence-electron chi connectivity index (χ2n) is 4.66. The fraction of sp³-hybridized carbons (Fsp3) is 0.500. The van der Waals surface area contributed by atoms with Crippen LogP contribution in [0.1, 0.15) is 16.7 Å². The fourth-order valence-electron chi connectivity index (χ4n) is 1.67. The molecule has 0 unspecified atom stereocenters. The Balaban J connectivity index is 0.00000169. The van der Waals surface area contributed by atoms with Crippen LogP contribution in [0.5, 0.6) is 0 Å². The van der Waals surface area contributed by atoms with E-state index in [9.17, 15) is 0 Å². The number of benzene rings is 1. The van der Waals surface area contributed by atoms with Crippen LogP contribution in [0.2, 0.25) is 0 Å². The van der Waals surface area contributed by atoms with Crippen LogP contribution < -0.4 is 16.9 Å². The van der Waals surface area contributed by atoms with Crippen LogP contribution >= 0.6 is 0 Å². The second kappa shape index (κ2) is 4.33. The zero-order valence-electron chi connectivity index (χ0n) is 9.98. The first-order valence-corrected chi connectivity index (χ1v) is 4.73. The minimum Gasteiger partial charge on any atom is -1.00 e. The average Bonchev–Trinajstić information content (AvgIpc) is 1.98. The smallest absolute Gasteiger partial charge is 0.135 e. The number of hydrogen-bond acceptors (Lipinski definition) is 0. The molecule has 1 aromatic carbocycles. The van der Waals surface area contributed by atoms with E-state index in [0.717, 1.165) is 4.48 Å². The predicted molar refractivity (Wildman–Crippen MR) is 60.2 cm³/mol. The Morgan fingerprint density at radius 2 is 1.36 bits per heavy atom. The van der Waals surface area contributed by atoms with Gasteiger partial charge in [0.15, 0.2) is 0 Å². The number of nitrogens with zero attached hydrogens (tertiary/aromatic N) is 1. The number of aryl methyl sites for hydroxylation is 1. The summed E-state index contributed by atoms with van der Waals surface area (Å²) in [5, 5.41) is 0. The largest absolute Gasteiger partial charge is 1.00 e. The highest BCUT2D eigenvalue weighted by atomic mass is 35.5. The van der Waals surface area contributed by atoms with E-state index in [2.05, 4.69) is 54.0 Å². The van der Waals surface area contributed by atoms with Gasteiger partial charge in [0, 0.05) is 5.56 Å². The van der Waals surface area contributed by atoms with E-state index in [-0.39, 0.29) is 12.4 Å². The molecule has 1 aromatic rings. The highest BCUT2D eigenvalue weighted by Gasteiger charge is 2.16. The van der Waals surface area contributed by atoms with E-state index in [1.54, 1.807) is 0 Å². The molecule has 0 N–H and O–H groups in total. The van der Waals surface area contributed by atoms with Crippen LogP contribution in [0.25, 0.3) is 0 Å². The van der Waals surface area contributed by atoms with Crippen LogP contribution in [0.3, 0.4) is 0 Å². The number of halogens is 1. The van der Waals surface area contributed by atoms with Crippen molar-refractivity contribution in [2.75, 3.05) is 21.1 Å². The Morgan fingerprint density at radius 3 is 1.79 bits per heavy atom. The van der Waals surface area contributed by atoms with Gasteiger partial charge in [0.1, 0.15) is 5.69 Å². The van der Waals surface area contributed by atoms with Crippen LogP contribution in [0.4, 0.5) is 5.69 Å². The molecule has 0 aliphatic carbocycles. The lowest BCUT2D eigenvalue weighted by Gasteiger charge is -2.26. The molecular formula is C12H20ClN. The van der Waals surface area contributed by atoms with E-state index in [0.29, 0.717) is 0 Å². The molecular weight excluding hydrogens is 194 g/mol. The molecule has 0 radical (unpaired) electrons. The monoisotopic (exact) mass is 213 g/mol. The number of rotatable bonds is 1. The predicted octanol–water partition coefficient (Wildman–Crippen LogP) is -0.187. The molecule has 0 saturated carbocycles. The summed E-state index contributed by atoms with van der Waals surface area (Å²) in [4.78, 5) is 0. The van der Waals surface area contributed by atoms with Crippen molar-refractivity contribution in [1.29, 1.82) is 0 Å². The van der Waals surface area contributed by atoms with Crippen molar-refractivity contribution < 1.29 is 12.4 Å². The zero-order valence-corrected chi connectivity index (χ0v) is 10.7. The quantitative estimate of drug-likeness (QED) is 0.568. The maximum atomic E-state index is 2.23. The van der Waals surface area contributed by atoms with E-state index in [1.807, 2.05) is 0 Å². The van der Waals surface area contributed by atoms with Gasteiger partial charge in [0.2, 0.25) is 0 Å². The van der Waals surface area contributed by atoms with Gasteiger partial charge in [-0.3, -0.25) is 4.48 Å². The lowest BCUT2D eigenvalue weighted by molar-refractivity contribution is -0.00000321. The first-order valence-electron chi connectivity index (χ1n) is 4.73. The first kappa shape index (κ1) is 13.5. The summed E-state index contributed by atoms with van der Waals surface area (Å²) in [5.74, 6) is 0. The maximum absolute atomic E-state index is 2.23. The highest BCUT2D eigenvalue weighted by molar-refractivity contribution is 5.54. The minimum atomic E-state index is 0. The van der Waals surface area contributed by atoms with Crippen molar-refractivity contribution in [2.24, 2.45) is 0 Å². The third-order valence-electron chi connectivity index (χ3n) is 2.75. The molecule has 0 aliphatic heterocycles. The van der Waals surface area contributed by atoms with Gasteiger partial charge in [-0.2, -0.15) is 0 Å². The van der Waals surface area contributed by atoms with Crippen molar-refractivity contribution in [1.82, 2.24) is 4.48 Å². The molecule has 0 aromatic heterocycles. The van der Waals surface area contributed by atoms with E-state index >= 15 is 0 Å². The molecule has 1 rings (SSSR count). The summed E-state index contributed by atoms with van der Waals surface area (Å²) in [5.41, 5.74) is 5.64. The Morgan fingerprint density at radius 1 is 0.857 bits per heavy atom. The van der Waals surface area contributed by atoms with Gasteiger partial charge in [-0.15, -0.1) is 0 Å². The topological polar surface area (TPSA) is 0 Å². The molecule has 80 valence electrons. The van der Waals surface area contributed by atoms with E-state index < -0.39 is 0 Å². The Hall–Kier alpha value is -0.530. The molecule has 0 spiro atoms. The van der Waals surface area contributed by atoms with Crippen molar-refractivity contribution in [3.8, 4) is 0 Å². The Labute approximate surface area is 93.7 Å². The maximum Gasteiger partial charge on any atom is 0.135 e. The summed E-state index contributed by atoms with van der Waals surface area (Å²) in [7, 11) is 6.62. The van der Waals surface area contributed by atoms with E-state index in [1.165, 1.54) is 22.4 Å². The van der Waals surface area contributed by atoms with E-state index in [4.69, 9.17) is 0 Å². The molecule has 0 atom stereocenters. The Bertz CT molecular complexity index is 324. The van der Waals surface area contributed by atoms with Crippen molar-refractivity contribution in [3.05, 3.63) is 28.8 Å². The highest BCUT2D eigenvalue weighted by Crippen LogP contribution is 2.26. The molecule has 0 heterocycles. The standard InChI is InChI=1S/C12H20N.ClH/c1-9-7-8-12(13(4,5)6)11(3)10(9)2;/h7-8H,1-6H3;1H/q+1;/p-1. The summed E-state index contributed by atoms with van der Waals surface area (Å²) < 4.78 is 0.896. The molecule has 14 heavy (non-hydrogen) atoms. The van der Waals surface area contributed by atoms with Gasteiger partial charge in [0.25, 0.3) is 0 Å². The summed E-state index contributed by atoms with van der Waals surface area (Å²) >= 11 is 0. The van der Waals surface area contributed by atoms with Gasteiger partial charge in [-0.1, -0.05) is 6.07 Å². The molecule has 0 bridgehead atoms. The molecule has 2 heteroatoms. The van der Waals surface area contributed by atoms with Crippen LogP contribution in [-0.4, -0.2) is 21.1 Å². The second-order valence-corrected chi connectivity index (χ2v) is 4.66. The molecule has 1 nitrogen and oxygen atoms in total. The number of quaternary nitrogens is 1. The molecule has 0 amide bonds. The van der Waals surface area contributed by atoms with Crippen molar-refractivity contribution in [2.45, 2.75) is 20.8 Å². The minimum absolute atomic E-state index is 0. The first-order chi connectivity index (χ1) is 5.84. The van der Waals surface area contributed by atoms with Gasteiger partial charge in [-0.25, -0.2) is 0 Å². The molecule has 0 aliphatic rings. The summed E-state index contributed by atoms with van der Waals surface area (Å²) in [6.07, 6.45) is 0. The fourth-order valence-corrected chi connectivity index (χ4v) is 1.67. The molecule has 0 fully saturated rings. The van der Waals surface area contributed by atoms with Gasteiger partial charge in [-0.05, 0) is 38.0 Å². The van der Waals surface area contributed by atoms with Crippen molar-refractivity contribution >= 4 is 5.69 Å². The zero-order chi connectivity index (χ0) is 10.2. The van der Waals surface area contributed by atoms with Crippen molar-refractivity contribution in [3.63, 3.8) is 0 Å². The Kier molecular flexibility index (Phi) is 4.16. The average molecular weight is 214 g/mol. The third kappa shape index (κ3) is 2.49.